The predicted molar refractivity (Wildman–Crippen MR) is 94.1 cm³/mol. The Morgan fingerprint density at radius 2 is 2.08 bits per heavy atom. The smallest absolute Gasteiger partial charge is 0.336 e. The van der Waals surface area contributed by atoms with Crippen LogP contribution in [0.2, 0.25) is 0 Å². The van der Waals surface area contributed by atoms with E-state index in [1.807, 2.05) is 0 Å². The molecule has 1 fully saturated rings. The molecule has 1 aromatic carbocycles. The molecule has 9 heteroatoms. The van der Waals surface area contributed by atoms with Gasteiger partial charge in [-0.25, -0.2) is 17.6 Å². The van der Waals surface area contributed by atoms with Gasteiger partial charge in [0.1, 0.15) is 11.5 Å². The molecule has 1 amide bonds. The van der Waals surface area contributed by atoms with Crippen LogP contribution in [-0.4, -0.2) is 53.8 Å². The van der Waals surface area contributed by atoms with E-state index in [4.69, 9.17) is 0 Å². The molecular weight excluding hydrogens is 361 g/mol. The van der Waals surface area contributed by atoms with Crippen molar-refractivity contribution in [1.82, 2.24) is 14.9 Å². The molecule has 3 rings (SSSR count). The van der Waals surface area contributed by atoms with Gasteiger partial charge >= 0.3 is 5.69 Å². The van der Waals surface area contributed by atoms with Gasteiger partial charge in [-0.15, -0.1) is 0 Å². The summed E-state index contributed by atoms with van der Waals surface area (Å²) in [5.74, 6) is -0.916. The van der Waals surface area contributed by atoms with Gasteiger partial charge < -0.3 is 9.88 Å². The molecule has 0 spiro atoms. The Kier molecular flexibility index (Phi) is 4.66. The third-order valence-corrected chi connectivity index (χ3v) is 6.26. The van der Waals surface area contributed by atoms with E-state index < -0.39 is 27.5 Å². The SMILES string of the molecule is Cc1cc(-c2cc(C(=O)N(C)C3CCS(=O)(=O)C3)[nH]c(=O)n2)ccc1F. The molecule has 0 bridgehead atoms. The number of rotatable bonds is 3. The Labute approximate surface area is 149 Å². The number of nitrogens with one attached hydrogen (secondary N) is 1. The molecule has 1 aliphatic heterocycles. The number of hydrogen-bond acceptors (Lipinski definition) is 5. The summed E-state index contributed by atoms with van der Waals surface area (Å²) < 4.78 is 36.7. The van der Waals surface area contributed by atoms with Gasteiger partial charge in [0.15, 0.2) is 9.84 Å². The zero-order chi connectivity index (χ0) is 19.1. The van der Waals surface area contributed by atoms with Crippen molar-refractivity contribution in [3.63, 3.8) is 0 Å². The van der Waals surface area contributed by atoms with Gasteiger partial charge in [0.2, 0.25) is 0 Å². The van der Waals surface area contributed by atoms with Crippen molar-refractivity contribution in [1.29, 1.82) is 0 Å². The highest BCUT2D eigenvalue weighted by Gasteiger charge is 2.33. The number of sulfone groups is 1. The molecule has 7 nitrogen and oxygen atoms in total. The van der Waals surface area contributed by atoms with Gasteiger partial charge in [-0.1, -0.05) is 0 Å². The number of H-pyrrole nitrogens is 1. The van der Waals surface area contributed by atoms with Crippen LogP contribution in [0, 0.1) is 12.7 Å². The van der Waals surface area contributed by atoms with Crippen LogP contribution in [0.1, 0.15) is 22.5 Å². The largest absolute Gasteiger partial charge is 0.346 e. The average molecular weight is 379 g/mol. The van der Waals surface area contributed by atoms with Crippen molar-refractivity contribution >= 4 is 15.7 Å². The lowest BCUT2D eigenvalue weighted by Crippen LogP contribution is -2.39. The summed E-state index contributed by atoms with van der Waals surface area (Å²) in [6, 6.07) is 5.27. The van der Waals surface area contributed by atoms with Crippen molar-refractivity contribution in [3.8, 4) is 11.3 Å². The minimum absolute atomic E-state index is 0.00813. The van der Waals surface area contributed by atoms with E-state index in [0.29, 0.717) is 17.5 Å². The topological polar surface area (TPSA) is 100 Å². The Morgan fingerprint density at radius 1 is 1.35 bits per heavy atom. The van der Waals surface area contributed by atoms with Crippen LogP contribution in [-0.2, 0) is 9.84 Å². The van der Waals surface area contributed by atoms with Gasteiger partial charge in [0.05, 0.1) is 17.2 Å². The maximum atomic E-state index is 13.4. The number of carbonyl (C=O) groups is 1. The molecule has 1 unspecified atom stereocenters. The molecular formula is C17H18FN3O4S. The van der Waals surface area contributed by atoms with Crippen LogP contribution in [0.4, 0.5) is 4.39 Å². The Bertz CT molecular complexity index is 1030. The number of aryl methyl sites for hydroxylation is 1. The Morgan fingerprint density at radius 3 is 2.69 bits per heavy atom. The Hall–Kier alpha value is -2.55. The number of hydrogen-bond donors (Lipinski definition) is 1. The second kappa shape index (κ2) is 6.64. The predicted octanol–water partition coefficient (Wildman–Crippen LogP) is 1.14. The molecule has 26 heavy (non-hydrogen) atoms. The third-order valence-electron chi connectivity index (χ3n) is 4.51. The summed E-state index contributed by atoms with van der Waals surface area (Å²) in [7, 11) is -1.63. The zero-order valence-electron chi connectivity index (χ0n) is 14.3. The maximum absolute atomic E-state index is 13.4. The number of halogens is 1. The molecule has 0 saturated carbocycles. The van der Waals surface area contributed by atoms with Crippen LogP contribution < -0.4 is 5.69 Å². The van der Waals surface area contributed by atoms with E-state index in [2.05, 4.69) is 9.97 Å². The molecule has 0 radical (unpaired) electrons. The summed E-state index contributed by atoms with van der Waals surface area (Å²) in [5.41, 5.74) is 0.447. The fourth-order valence-electron chi connectivity index (χ4n) is 2.96. The molecule has 1 N–H and O–H groups in total. The van der Waals surface area contributed by atoms with Crippen molar-refractivity contribution < 1.29 is 17.6 Å². The molecule has 1 atom stereocenters. The summed E-state index contributed by atoms with van der Waals surface area (Å²) in [4.78, 5) is 32.1. The standard InChI is InChI=1S/C17H18FN3O4S/c1-10-7-11(3-4-13(10)18)14-8-15(20-17(23)19-14)16(22)21(2)12-5-6-26(24,25)9-12/h3-4,7-8,12H,5-6,9H2,1-2H3,(H,19,20,23). The molecule has 138 valence electrons. The van der Waals surface area contributed by atoms with Gasteiger partial charge in [0.25, 0.3) is 5.91 Å². The summed E-state index contributed by atoms with van der Waals surface area (Å²) >= 11 is 0. The third kappa shape index (κ3) is 3.67. The van der Waals surface area contributed by atoms with Crippen molar-refractivity contribution in [2.45, 2.75) is 19.4 Å². The summed E-state index contributed by atoms with van der Waals surface area (Å²) in [6.07, 6.45) is 0.365. The van der Waals surface area contributed by atoms with Crippen molar-refractivity contribution in [3.05, 3.63) is 51.8 Å². The summed E-state index contributed by atoms with van der Waals surface area (Å²) in [6.45, 7) is 1.59. The first-order valence-corrected chi connectivity index (χ1v) is 9.84. The highest BCUT2D eigenvalue weighted by Crippen LogP contribution is 2.21. The quantitative estimate of drug-likeness (QED) is 0.862. The lowest BCUT2D eigenvalue weighted by molar-refractivity contribution is 0.0741. The number of aromatic nitrogens is 2. The van der Waals surface area contributed by atoms with Gasteiger partial charge in [-0.2, -0.15) is 4.98 Å². The molecule has 1 saturated heterocycles. The second-order valence-electron chi connectivity index (χ2n) is 6.42. The fourth-order valence-corrected chi connectivity index (χ4v) is 4.74. The highest BCUT2D eigenvalue weighted by atomic mass is 32.2. The van der Waals surface area contributed by atoms with Crippen LogP contribution >= 0.6 is 0 Å². The van der Waals surface area contributed by atoms with E-state index in [0.717, 1.165) is 0 Å². The molecule has 1 aliphatic rings. The zero-order valence-corrected chi connectivity index (χ0v) is 15.1. The average Bonchev–Trinajstić information content (AvgIpc) is 2.95. The second-order valence-corrected chi connectivity index (χ2v) is 8.65. The summed E-state index contributed by atoms with van der Waals surface area (Å²) in [5, 5.41) is 0. The number of aromatic amines is 1. The maximum Gasteiger partial charge on any atom is 0.346 e. The lowest BCUT2D eigenvalue weighted by atomic mass is 10.1. The monoisotopic (exact) mass is 379 g/mol. The van der Waals surface area contributed by atoms with Gasteiger partial charge in [-0.05, 0) is 43.2 Å². The first-order chi connectivity index (χ1) is 12.2. The highest BCUT2D eigenvalue weighted by molar-refractivity contribution is 7.91. The van der Waals surface area contributed by atoms with E-state index >= 15 is 0 Å². The molecule has 2 heterocycles. The first-order valence-electron chi connectivity index (χ1n) is 8.02. The number of nitrogens with zero attached hydrogens (tertiary/aromatic N) is 2. The normalized spacial score (nSPS) is 18.7. The van der Waals surface area contributed by atoms with E-state index in [-0.39, 0.29) is 28.7 Å². The van der Waals surface area contributed by atoms with Gasteiger partial charge in [-0.3, -0.25) is 4.79 Å². The number of benzene rings is 1. The van der Waals surface area contributed by atoms with Crippen LogP contribution in [0.3, 0.4) is 0 Å². The minimum atomic E-state index is -3.14. The number of amides is 1. The van der Waals surface area contributed by atoms with Crippen molar-refractivity contribution in [2.75, 3.05) is 18.6 Å². The van der Waals surface area contributed by atoms with Crippen LogP contribution in [0.25, 0.3) is 11.3 Å². The Balaban J connectivity index is 1.93. The van der Waals surface area contributed by atoms with E-state index in [1.54, 1.807) is 13.0 Å². The minimum Gasteiger partial charge on any atom is -0.336 e. The lowest BCUT2D eigenvalue weighted by Gasteiger charge is -2.23. The molecule has 1 aromatic heterocycles. The van der Waals surface area contributed by atoms with Crippen molar-refractivity contribution in [2.24, 2.45) is 0 Å². The molecule has 2 aromatic rings. The molecule has 0 aliphatic carbocycles. The van der Waals surface area contributed by atoms with Gasteiger partial charge in [0, 0.05) is 18.7 Å². The first kappa shape index (κ1) is 18.2. The van der Waals surface area contributed by atoms with Crippen LogP contribution in [0.5, 0.6) is 0 Å². The van der Waals surface area contributed by atoms with E-state index in [9.17, 15) is 22.4 Å². The number of carbonyl (C=O) groups excluding carboxylic acids is 1. The fraction of sp³-hybridized carbons (Fsp3) is 0.353. The van der Waals surface area contributed by atoms with Crippen LogP contribution in [0.15, 0.2) is 29.1 Å². The van der Waals surface area contributed by atoms with E-state index in [1.165, 1.54) is 30.1 Å².